The Bertz CT molecular complexity index is 1040. The summed E-state index contributed by atoms with van der Waals surface area (Å²) in [6.45, 7) is 7.92. The molecule has 1 aromatic heterocycles. The van der Waals surface area contributed by atoms with Crippen molar-refractivity contribution in [1.82, 2.24) is 4.98 Å². The normalized spacial score (nSPS) is 19.9. The molecule has 172 valence electrons. The van der Waals surface area contributed by atoms with Crippen LogP contribution in [0.2, 0.25) is 10.0 Å². The second-order valence-electron chi connectivity index (χ2n) is 9.20. The van der Waals surface area contributed by atoms with Gasteiger partial charge in [0, 0.05) is 6.07 Å². The Kier molecular flexibility index (Phi) is 7.49. The molecule has 1 atom stereocenters. The average molecular weight is 477 g/mol. The minimum Gasteiger partial charge on any atom is -0.497 e. The number of ether oxygens (including phenoxy) is 1. The summed E-state index contributed by atoms with van der Waals surface area (Å²) in [6.07, 6.45) is 3.52. The van der Waals surface area contributed by atoms with Gasteiger partial charge in [-0.15, -0.1) is 0 Å². The number of halogens is 2. The quantitative estimate of drug-likeness (QED) is 0.473. The van der Waals surface area contributed by atoms with Gasteiger partial charge in [0.05, 0.1) is 42.8 Å². The number of piperidine rings is 1. The number of fused-ring (bicyclic) bond motifs is 1. The molecule has 2 N–H and O–H groups in total. The van der Waals surface area contributed by atoms with Gasteiger partial charge < -0.3 is 19.4 Å². The lowest BCUT2D eigenvalue weighted by Gasteiger charge is -2.33. The first-order valence-corrected chi connectivity index (χ1v) is 12.2. The fourth-order valence-electron chi connectivity index (χ4n) is 4.51. The second-order valence-corrected chi connectivity index (χ2v) is 10.0. The van der Waals surface area contributed by atoms with Gasteiger partial charge in [0.15, 0.2) is 5.58 Å². The molecule has 7 heteroatoms. The molecule has 0 spiro atoms. The molecule has 32 heavy (non-hydrogen) atoms. The Morgan fingerprint density at radius 1 is 1.12 bits per heavy atom. The van der Waals surface area contributed by atoms with E-state index in [1.165, 1.54) is 31.5 Å². The van der Waals surface area contributed by atoms with E-state index in [1.807, 2.05) is 30.3 Å². The largest absolute Gasteiger partial charge is 0.497 e. The Hall–Kier alpha value is -1.95. The number of nitrogens with one attached hydrogen (secondary N) is 2. The van der Waals surface area contributed by atoms with Crippen LogP contribution >= 0.6 is 23.2 Å². The van der Waals surface area contributed by atoms with E-state index in [9.17, 15) is 0 Å². The highest BCUT2D eigenvalue weighted by Crippen LogP contribution is 2.26. The lowest BCUT2D eigenvalue weighted by molar-refractivity contribution is -0.907. The number of hydrogen-bond acceptors (Lipinski definition) is 4. The number of benzene rings is 2. The van der Waals surface area contributed by atoms with E-state index in [0.29, 0.717) is 33.9 Å². The highest BCUT2D eigenvalue weighted by atomic mass is 35.5. The summed E-state index contributed by atoms with van der Waals surface area (Å²) in [6, 6.07) is 12.6. The minimum absolute atomic E-state index is 0.298. The van der Waals surface area contributed by atoms with Gasteiger partial charge in [-0.05, 0) is 60.9 Å². The van der Waals surface area contributed by atoms with Crippen molar-refractivity contribution in [2.24, 2.45) is 11.8 Å². The van der Waals surface area contributed by atoms with Gasteiger partial charge in [0.2, 0.25) is 0 Å². The fraction of sp³-hybridized carbons (Fsp3) is 0.480. The molecule has 1 aliphatic heterocycles. The number of quaternary nitrogens is 1. The van der Waals surface area contributed by atoms with Crippen LogP contribution in [-0.2, 0) is 6.42 Å². The highest BCUT2D eigenvalue weighted by Gasteiger charge is 2.27. The average Bonchev–Trinajstić information content (AvgIpc) is 3.18. The van der Waals surface area contributed by atoms with Crippen LogP contribution in [0, 0.1) is 11.8 Å². The molecular weight excluding hydrogens is 445 g/mol. The summed E-state index contributed by atoms with van der Waals surface area (Å²) < 4.78 is 11.2. The molecule has 4 rings (SSSR count). The van der Waals surface area contributed by atoms with E-state index in [2.05, 4.69) is 30.2 Å². The number of anilines is 1. The zero-order valence-electron chi connectivity index (χ0n) is 19.0. The summed E-state index contributed by atoms with van der Waals surface area (Å²) in [5.41, 5.74) is 2.86. The fourth-order valence-corrected chi connectivity index (χ4v) is 4.83. The van der Waals surface area contributed by atoms with Crippen LogP contribution in [0.5, 0.6) is 5.75 Å². The molecule has 0 aliphatic carbocycles. The maximum Gasteiger partial charge on any atom is 0.296 e. The standard InChI is InChI=1S/C25H31Cl2N3O2/c1-16(2)23(29-25-28-22-7-5-19(31-3)14-24(22)32-25)15-30-10-8-17(9-11-30)12-18-4-6-20(26)21(27)13-18/h4-7,13-14,16-17,23H,8-12,15H2,1-3H3,(H,28,29)/p+1/t23-/m1/s1. The molecular formula is C25H32Cl2N3O2+. The molecule has 1 aliphatic rings. The molecule has 0 amide bonds. The van der Waals surface area contributed by atoms with Crippen molar-refractivity contribution < 1.29 is 14.1 Å². The molecule has 5 nitrogen and oxygen atoms in total. The molecule has 2 aromatic carbocycles. The SMILES string of the molecule is COc1ccc2nc(N[C@H](C[NH+]3CCC(Cc4ccc(Cl)c(Cl)c4)CC3)C(C)C)oc2c1. The molecule has 0 saturated carbocycles. The third-order valence-electron chi connectivity index (χ3n) is 6.54. The third-order valence-corrected chi connectivity index (χ3v) is 7.28. The van der Waals surface area contributed by atoms with E-state index in [4.69, 9.17) is 32.4 Å². The van der Waals surface area contributed by atoms with E-state index in [-0.39, 0.29) is 0 Å². The van der Waals surface area contributed by atoms with Crippen molar-refractivity contribution in [3.8, 4) is 5.75 Å². The Morgan fingerprint density at radius 2 is 1.91 bits per heavy atom. The van der Waals surface area contributed by atoms with Crippen molar-refractivity contribution in [2.45, 2.75) is 39.2 Å². The van der Waals surface area contributed by atoms with Crippen molar-refractivity contribution in [3.63, 3.8) is 0 Å². The molecule has 1 saturated heterocycles. The van der Waals surface area contributed by atoms with Crippen LogP contribution in [-0.4, -0.2) is 37.8 Å². The monoisotopic (exact) mass is 476 g/mol. The van der Waals surface area contributed by atoms with Crippen LogP contribution in [0.25, 0.3) is 11.1 Å². The first-order valence-electron chi connectivity index (χ1n) is 11.4. The van der Waals surface area contributed by atoms with Crippen molar-refractivity contribution in [1.29, 1.82) is 0 Å². The molecule has 0 bridgehead atoms. The number of rotatable bonds is 8. The third kappa shape index (κ3) is 5.69. The first kappa shape index (κ1) is 23.2. The maximum absolute atomic E-state index is 6.19. The van der Waals surface area contributed by atoms with E-state index in [0.717, 1.165) is 29.8 Å². The lowest BCUT2D eigenvalue weighted by Crippen LogP contribution is -3.14. The number of aromatic nitrogens is 1. The number of nitrogens with zero attached hydrogens (tertiary/aromatic N) is 1. The van der Waals surface area contributed by atoms with Gasteiger partial charge in [0.25, 0.3) is 6.01 Å². The molecule has 1 fully saturated rings. The predicted molar refractivity (Wildman–Crippen MR) is 131 cm³/mol. The molecule has 2 heterocycles. The van der Waals surface area contributed by atoms with Crippen LogP contribution in [0.3, 0.4) is 0 Å². The van der Waals surface area contributed by atoms with Gasteiger partial charge in [-0.2, -0.15) is 4.98 Å². The maximum atomic E-state index is 6.19. The summed E-state index contributed by atoms with van der Waals surface area (Å²) >= 11 is 12.2. The zero-order valence-corrected chi connectivity index (χ0v) is 20.5. The Morgan fingerprint density at radius 3 is 2.59 bits per heavy atom. The number of oxazole rings is 1. The summed E-state index contributed by atoms with van der Waals surface area (Å²) in [5.74, 6) is 1.95. The first-order chi connectivity index (χ1) is 15.4. The minimum atomic E-state index is 0.298. The van der Waals surface area contributed by atoms with Crippen LogP contribution in [0.1, 0.15) is 32.3 Å². The van der Waals surface area contributed by atoms with Crippen molar-refractivity contribution in [3.05, 3.63) is 52.0 Å². The van der Waals surface area contributed by atoms with Crippen molar-refractivity contribution >= 4 is 40.3 Å². The van der Waals surface area contributed by atoms with Crippen LogP contribution in [0.4, 0.5) is 6.01 Å². The second kappa shape index (κ2) is 10.3. The van der Waals surface area contributed by atoms with Gasteiger partial charge in [0.1, 0.15) is 11.3 Å². The Labute approximate surface area is 200 Å². The smallest absolute Gasteiger partial charge is 0.296 e. The summed E-state index contributed by atoms with van der Waals surface area (Å²) in [7, 11) is 1.65. The highest BCUT2D eigenvalue weighted by molar-refractivity contribution is 6.42. The van der Waals surface area contributed by atoms with E-state index < -0.39 is 0 Å². The van der Waals surface area contributed by atoms with Crippen molar-refractivity contribution in [2.75, 3.05) is 32.1 Å². The predicted octanol–water partition coefficient (Wildman–Crippen LogP) is 5.12. The number of hydrogen-bond donors (Lipinski definition) is 2. The van der Waals surface area contributed by atoms with Gasteiger partial charge in [-0.1, -0.05) is 43.1 Å². The molecule has 3 aromatic rings. The van der Waals surface area contributed by atoms with Crippen LogP contribution < -0.4 is 15.0 Å². The topological polar surface area (TPSA) is 51.7 Å². The molecule has 0 unspecified atom stereocenters. The summed E-state index contributed by atoms with van der Waals surface area (Å²) in [5, 5.41) is 4.82. The van der Waals surface area contributed by atoms with Gasteiger partial charge in [-0.25, -0.2) is 0 Å². The summed E-state index contributed by atoms with van der Waals surface area (Å²) in [4.78, 5) is 6.25. The number of likely N-dealkylation sites (tertiary alicyclic amines) is 1. The van der Waals surface area contributed by atoms with E-state index in [1.54, 1.807) is 12.0 Å². The lowest BCUT2D eigenvalue weighted by atomic mass is 9.89. The van der Waals surface area contributed by atoms with E-state index >= 15 is 0 Å². The van der Waals surface area contributed by atoms with Gasteiger partial charge in [-0.3, -0.25) is 0 Å². The molecule has 0 radical (unpaired) electrons. The van der Waals surface area contributed by atoms with Crippen LogP contribution in [0.15, 0.2) is 40.8 Å². The Balaban J connectivity index is 1.32. The van der Waals surface area contributed by atoms with Gasteiger partial charge >= 0.3 is 0 Å². The number of methoxy groups -OCH3 is 1. The zero-order chi connectivity index (χ0) is 22.7.